The molecule has 1 fully saturated rings. The monoisotopic (exact) mass is 264 g/mol. The zero-order valence-corrected chi connectivity index (χ0v) is 12.5. The number of aliphatic hydroxyl groups is 1. The van der Waals surface area contributed by atoms with Crippen LogP contribution in [0.2, 0.25) is 0 Å². The molecule has 1 aliphatic rings. The van der Waals surface area contributed by atoms with Crippen LogP contribution in [0.4, 0.5) is 0 Å². The van der Waals surface area contributed by atoms with Crippen LogP contribution < -0.4 is 5.43 Å². The van der Waals surface area contributed by atoms with Crippen LogP contribution in [0.3, 0.4) is 0 Å². The van der Waals surface area contributed by atoms with Crippen LogP contribution in [0.5, 0.6) is 0 Å². The molecular formula is C15H24N2O2. The Balaban J connectivity index is 2.21. The first-order chi connectivity index (χ1) is 8.64. The maximum Gasteiger partial charge on any atom is 0.187 e. The number of pyridine rings is 1. The summed E-state index contributed by atoms with van der Waals surface area (Å²) in [6.07, 6.45) is 1.77. The van der Waals surface area contributed by atoms with Gasteiger partial charge in [-0.3, -0.25) is 9.69 Å². The molecule has 19 heavy (non-hydrogen) atoms. The second-order valence-electron chi connectivity index (χ2n) is 6.71. The van der Waals surface area contributed by atoms with Gasteiger partial charge < -0.3 is 10.1 Å². The third-order valence-electron chi connectivity index (χ3n) is 4.60. The van der Waals surface area contributed by atoms with Crippen molar-refractivity contribution < 1.29 is 5.11 Å². The van der Waals surface area contributed by atoms with Gasteiger partial charge in [-0.2, -0.15) is 0 Å². The summed E-state index contributed by atoms with van der Waals surface area (Å²) in [5.74, 6) is 0. The minimum absolute atomic E-state index is 0.110. The summed E-state index contributed by atoms with van der Waals surface area (Å²) >= 11 is 0. The van der Waals surface area contributed by atoms with E-state index in [4.69, 9.17) is 0 Å². The van der Waals surface area contributed by atoms with Gasteiger partial charge in [0.2, 0.25) is 0 Å². The van der Waals surface area contributed by atoms with Crippen LogP contribution in [-0.2, 0) is 6.54 Å². The van der Waals surface area contributed by atoms with Gasteiger partial charge in [-0.1, -0.05) is 13.8 Å². The number of H-pyrrole nitrogens is 1. The minimum atomic E-state index is -0.689. The van der Waals surface area contributed by atoms with Gasteiger partial charge in [-0.25, -0.2) is 0 Å². The maximum absolute atomic E-state index is 11.9. The highest BCUT2D eigenvalue weighted by molar-refractivity contribution is 5.23. The summed E-state index contributed by atoms with van der Waals surface area (Å²) in [7, 11) is 0. The second kappa shape index (κ2) is 4.46. The summed E-state index contributed by atoms with van der Waals surface area (Å²) in [4.78, 5) is 17.3. The quantitative estimate of drug-likeness (QED) is 0.853. The molecule has 1 aromatic rings. The van der Waals surface area contributed by atoms with Crippen molar-refractivity contribution in [3.8, 4) is 0 Å². The van der Waals surface area contributed by atoms with Crippen molar-refractivity contribution in [2.24, 2.45) is 5.41 Å². The number of hydrogen-bond acceptors (Lipinski definition) is 3. The second-order valence-corrected chi connectivity index (χ2v) is 6.71. The Bertz CT molecular complexity index is 528. The van der Waals surface area contributed by atoms with E-state index < -0.39 is 5.60 Å². The largest absolute Gasteiger partial charge is 0.388 e. The molecule has 0 spiro atoms. The van der Waals surface area contributed by atoms with Crippen LogP contribution in [0.1, 0.15) is 37.6 Å². The molecule has 1 saturated heterocycles. The summed E-state index contributed by atoms with van der Waals surface area (Å²) in [6.45, 7) is 11.9. The van der Waals surface area contributed by atoms with E-state index >= 15 is 0 Å². The standard InChI is InChI=1S/C15H24N2O2/c1-10-6-16-12(11(2)13(10)18)7-17-8-14(3,4)15(5,19)9-17/h6,19H,7-9H2,1-5H3,(H,16,18)/t15-/m1/s1. The molecule has 0 amide bonds. The molecule has 2 heterocycles. The molecule has 4 heteroatoms. The normalized spacial score (nSPS) is 26.8. The van der Waals surface area contributed by atoms with Gasteiger partial charge in [0.05, 0.1) is 5.60 Å². The number of rotatable bonds is 2. The van der Waals surface area contributed by atoms with E-state index in [1.165, 1.54) is 0 Å². The van der Waals surface area contributed by atoms with Crippen LogP contribution in [0.15, 0.2) is 11.0 Å². The molecule has 1 aromatic heterocycles. The lowest BCUT2D eigenvalue weighted by molar-refractivity contribution is -0.0111. The van der Waals surface area contributed by atoms with Crippen molar-refractivity contribution in [3.63, 3.8) is 0 Å². The number of nitrogens with zero attached hydrogens (tertiary/aromatic N) is 1. The Morgan fingerprint density at radius 2 is 1.95 bits per heavy atom. The fraction of sp³-hybridized carbons (Fsp3) is 0.667. The van der Waals surface area contributed by atoms with E-state index in [0.717, 1.165) is 23.4 Å². The van der Waals surface area contributed by atoms with E-state index in [9.17, 15) is 9.90 Å². The molecule has 1 atom stereocenters. The molecule has 0 radical (unpaired) electrons. The number of β-amino-alcohol motifs (C(OH)–C–C–N with tert-alkyl or cyclic N) is 1. The molecular weight excluding hydrogens is 240 g/mol. The van der Waals surface area contributed by atoms with Gasteiger partial charge in [0.1, 0.15) is 0 Å². The van der Waals surface area contributed by atoms with Gasteiger partial charge in [-0.15, -0.1) is 0 Å². The van der Waals surface area contributed by atoms with Gasteiger partial charge in [0, 0.05) is 48.1 Å². The summed E-state index contributed by atoms with van der Waals surface area (Å²) < 4.78 is 0. The average Bonchev–Trinajstić information content (AvgIpc) is 2.48. The van der Waals surface area contributed by atoms with Crippen molar-refractivity contribution >= 4 is 0 Å². The Hall–Kier alpha value is -1.13. The van der Waals surface area contributed by atoms with Crippen molar-refractivity contribution in [3.05, 3.63) is 33.2 Å². The lowest BCUT2D eigenvalue weighted by Crippen LogP contribution is -2.40. The topological polar surface area (TPSA) is 56.3 Å². The molecule has 2 rings (SSSR count). The molecule has 0 aliphatic carbocycles. The van der Waals surface area contributed by atoms with Crippen LogP contribution in [-0.4, -0.2) is 33.7 Å². The molecule has 0 aromatic carbocycles. The first kappa shape index (κ1) is 14.3. The van der Waals surface area contributed by atoms with Gasteiger partial charge in [0.15, 0.2) is 5.43 Å². The highest BCUT2D eigenvalue weighted by atomic mass is 16.3. The zero-order chi connectivity index (χ0) is 14.4. The van der Waals surface area contributed by atoms with Crippen molar-refractivity contribution in [2.75, 3.05) is 13.1 Å². The molecule has 106 valence electrons. The Labute approximate surface area is 114 Å². The molecule has 1 aliphatic heterocycles. The Morgan fingerprint density at radius 1 is 1.32 bits per heavy atom. The van der Waals surface area contributed by atoms with Crippen molar-refractivity contribution in [1.29, 1.82) is 0 Å². The van der Waals surface area contributed by atoms with Crippen LogP contribution in [0.25, 0.3) is 0 Å². The number of aryl methyl sites for hydroxylation is 1. The Kier molecular flexibility index (Phi) is 3.35. The summed E-state index contributed by atoms with van der Waals surface area (Å²) in [6, 6.07) is 0. The Morgan fingerprint density at radius 3 is 2.47 bits per heavy atom. The molecule has 0 unspecified atom stereocenters. The fourth-order valence-electron chi connectivity index (χ4n) is 2.74. The number of hydrogen-bond donors (Lipinski definition) is 2. The maximum atomic E-state index is 11.9. The highest BCUT2D eigenvalue weighted by Gasteiger charge is 2.47. The smallest absolute Gasteiger partial charge is 0.187 e. The van der Waals surface area contributed by atoms with E-state index in [1.807, 2.05) is 20.8 Å². The third-order valence-corrected chi connectivity index (χ3v) is 4.60. The number of aromatic nitrogens is 1. The molecule has 0 bridgehead atoms. The molecule has 2 N–H and O–H groups in total. The van der Waals surface area contributed by atoms with E-state index in [-0.39, 0.29) is 10.8 Å². The first-order valence-corrected chi connectivity index (χ1v) is 6.76. The van der Waals surface area contributed by atoms with Gasteiger partial charge in [0.25, 0.3) is 0 Å². The predicted molar refractivity (Wildman–Crippen MR) is 76.2 cm³/mol. The van der Waals surface area contributed by atoms with E-state index in [1.54, 1.807) is 6.20 Å². The molecule has 4 nitrogen and oxygen atoms in total. The van der Waals surface area contributed by atoms with Gasteiger partial charge >= 0.3 is 0 Å². The fourth-order valence-corrected chi connectivity index (χ4v) is 2.74. The molecule has 0 saturated carbocycles. The van der Waals surface area contributed by atoms with Gasteiger partial charge in [-0.05, 0) is 20.8 Å². The average molecular weight is 264 g/mol. The highest BCUT2D eigenvalue weighted by Crippen LogP contribution is 2.38. The minimum Gasteiger partial charge on any atom is -0.388 e. The van der Waals surface area contributed by atoms with E-state index in [0.29, 0.717) is 13.1 Å². The SMILES string of the molecule is Cc1c[nH]c(CN2CC(C)(C)[C@](C)(O)C2)c(C)c1=O. The summed E-state index contributed by atoms with van der Waals surface area (Å²) in [5.41, 5.74) is 1.76. The van der Waals surface area contributed by atoms with E-state index in [2.05, 4.69) is 23.7 Å². The van der Waals surface area contributed by atoms with Crippen LogP contribution in [0, 0.1) is 19.3 Å². The number of nitrogens with one attached hydrogen (secondary N) is 1. The van der Waals surface area contributed by atoms with Crippen molar-refractivity contribution in [1.82, 2.24) is 9.88 Å². The number of aromatic amines is 1. The predicted octanol–water partition coefficient (Wildman–Crippen LogP) is 1.58. The van der Waals surface area contributed by atoms with Crippen molar-refractivity contribution in [2.45, 2.75) is 46.8 Å². The lowest BCUT2D eigenvalue weighted by atomic mass is 9.79. The lowest BCUT2D eigenvalue weighted by Gasteiger charge is -2.31. The third kappa shape index (κ3) is 2.47. The van der Waals surface area contributed by atoms with Crippen LogP contribution >= 0.6 is 0 Å². The first-order valence-electron chi connectivity index (χ1n) is 6.76. The zero-order valence-electron chi connectivity index (χ0n) is 12.5. The number of likely N-dealkylation sites (tertiary alicyclic amines) is 1. The summed E-state index contributed by atoms with van der Waals surface area (Å²) in [5, 5.41) is 10.4.